The van der Waals surface area contributed by atoms with Gasteiger partial charge in [-0.15, -0.1) is 0 Å². The van der Waals surface area contributed by atoms with Gasteiger partial charge in [-0.3, -0.25) is 19.4 Å². The van der Waals surface area contributed by atoms with Crippen molar-refractivity contribution in [3.63, 3.8) is 0 Å². The third kappa shape index (κ3) is 8.05. The van der Waals surface area contributed by atoms with Crippen LogP contribution in [0.4, 0.5) is 0 Å². The van der Waals surface area contributed by atoms with E-state index in [0.717, 1.165) is 0 Å². The van der Waals surface area contributed by atoms with Crippen molar-refractivity contribution >= 4 is 55.6 Å². The zero-order chi connectivity index (χ0) is 25.5. The Morgan fingerprint density at radius 3 is 2.66 bits per heavy atom. The number of halogens is 2. The lowest BCUT2D eigenvalue weighted by atomic mass is 9.95. The van der Waals surface area contributed by atoms with Crippen LogP contribution in [0, 0.1) is 5.92 Å². The highest BCUT2D eigenvalue weighted by Crippen LogP contribution is 2.36. The number of carbonyl (C=O) groups excluding carboxylic acids is 2. The molecular weight excluding hydrogens is 592 g/mol. The van der Waals surface area contributed by atoms with Crippen molar-refractivity contribution in [3.05, 3.63) is 26.6 Å². The number of nitrogens with one attached hydrogen (secondary N) is 5. The van der Waals surface area contributed by atoms with Gasteiger partial charge >= 0.3 is 5.97 Å². The maximum atomic E-state index is 12.7. The summed E-state index contributed by atoms with van der Waals surface area (Å²) in [5.74, 6) is -2.04. The number of aliphatic imine (C=N–C) groups is 1. The van der Waals surface area contributed by atoms with Gasteiger partial charge in [-0.05, 0) is 34.5 Å². The SMILES string of the molecule is O=C(O)C[C@H](NC(=O)CNC(=O)C1CNCC(NC2=NCC(O)CN2)C1)c1cc(Br)cc(Br)c1O. The van der Waals surface area contributed by atoms with Gasteiger partial charge in [0.25, 0.3) is 0 Å². The van der Waals surface area contributed by atoms with E-state index in [1.165, 1.54) is 6.07 Å². The van der Waals surface area contributed by atoms with Gasteiger partial charge in [-0.25, -0.2) is 0 Å². The molecule has 0 aliphatic carbocycles. The summed E-state index contributed by atoms with van der Waals surface area (Å²) in [5.41, 5.74) is 0.227. The summed E-state index contributed by atoms with van der Waals surface area (Å²) in [4.78, 5) is 40.8. The molecule has 1 fully saturated rings. The third-order valence-electron chi connectivity index (χ3n) is 5.60. The van der Waals surface area contributed by atoms with E-state index in [4.69, 9.17) is 0 Å². The summed E-state index contributed by atoms with van der Waals surface area (Å²) in [7, 11) is 0. The fraction of sp³-hybridized carbons (Fsp3) is 0.524. The van der Waals surface area contributed by atoms with E-state index < -0.39 is 30.4 Å². The standard InChI is InChI=1S/C21H28Br2N6O6/c22-11-2-14(19(34)15(23)3-11)16(4-18(32)33)29-17(31)9-25-20(35)10-1-12(6-24-5-10)28-21-26-7-13(30)8-27-21/h2-3,10,12-13,16,24,30,34H,1,4-9H2,(H,25,35)(H,29,31)(H,32,33)(H2,26,27,28)/t10?,12?,16-/m0/s1. The van der Waals surface area contributed by atoms with E-state index >= 15 is 0 Å². The fourth-order valence-corrected chi connectivity index (χ4v) is 5.15. The summed E-state index contributed by atoms with van der Waals surface area (Å²) in [6.07, 6.45) is -0.449. The van der Waals surface area contributed by atoms with Crippen LogP contribution in [0.5, 0.6) is 5.75 Å². The molecule has 35 heavy (non-hydrogen) atoms. The lowest BCUT2D eigenvalue weighted by molar-refractivity contribution is -0.138. The predicted octanol–water partition coefficient (Wildman–Crippen LogP) is -0.447. The second-order valence-corrected chi connectivity index (χ2v) is 10.2. The van der Waals surface area contributed by atoms with Crippen LogP contribution < -0.4 is 26.6 Å². The molecule has 2 amide bonds. The Balaban J connectivity index is 1.53. The number of nitrogens with zero attached hydrogens (tertiary/aromatic N) is 1. The zero-order valence-electron chi connectivity index (χ0n) is 18.7. The van der Waals surface area contributed by atoms with E-state index in [1.54, 1.807) is 6.07 Å². The second kappa shape index (κ2) is 12.5. The summed E-state index contributed by atoms with van der Waals surface area (Å²) in [6, 6.07) is 2.06. The average molecular weight is 620 g/mol. The number of guanidine groups is 1. The van der Waals surface area contributed by atoms with Crippen molar-refractivity contribution in [1.82, 2.24) is 26.6 Å². The molecule has 0 aromatic heterocycles. The molecule has 0 spiro atoms. The Morgan fingerprint density at radius 1 is 1.20 bits per heavy atom. The van der Waals surface area contributed by atoms with Gasteiger partial charge < -0.3 is 41.9 Å². The number of amides is 2. The molecule has 0 saturated carbocycles. The van der Waals surface area contributed by atoms with Crippen LogP contribution >= 0.6 is 31.9 Å². The number of phenols is 1. The Kier molecular flexibility index (Phi) is 9.71. The van der Waals surface area contributed by atoms with Crippen LogP contribution in [0.3, 0.4) is 0 Å². The van der Waals surface area contributed by atoms with Gasteiger partial charge in [-0.1, -0.05) is 15.9 Å². The summed E-state index contributed by atoms with van der Waals surface area (Å²) < 4.78 is 0.937. The second-order valence-electron chi connectivity index (χ2n) is 8.42. The lowest BCUT2D eigenvalue weighted by Gasteiger charge is -2.32. The minimum Gasteiger partial charge on any atom is -0.506 e. The number of aliphatic hydroxyl groups is 1. The summed E-state index contributed by atoms with van der Waals surface area (Å²) in [5, 5.41) is 43.7. The number of aliphatic carboxylic acids is 1. The number of benzene rings is 1. The molecule has 1 saturated heterocycles. The molecule has 2 aliphatic heterocycles. The monoisotopic (exact) mass is 618 g/mol. The van der Waals surface area contributed by atoms with Crippen molar-refractivity contribution in [2.45, 2.75) is 31.0 Å². The van der Waals surface area contributed by atoms with Crippen LogP contribution in [0.2, 0.25) is 0 Å². The van der Waals surface area contributed by atoms with Crippen LogP contribution in [0.25, 0.3) is 0 Å². The Hall–Kier alpha value is -2.42. The molecule has 192 valence electrons. The average Bonchev–Trinajstić information content (AvgIpc) is 2.81. The highest BCUT2D eigenvalue weighted by Gasteiger charge is 2.29. The van der Waals surface area contributed by atoms with Gasteiger partial charge in [-0.2, -0.15) is 0 Å². The predicted molar refractivity (Wildman–Crippen MR) is 134 cm³/mol. The number of phenolic OH excluding ortho intramolecular Hbond substituents is 1. The largest absolute Gasteiger partial charge is 0.506 e. The number of hydrogen-bond donors (Lipinski definition) is 8. The third-order valence-corrected chi connectivity index (χ3v) is 6.66. The highest BCUT2D eigenvalue weighted by molar-refractivity contribution is 9.11. The van der Waals surface area contributed by atoms with Crippen molar-refractivity contribution in [1.29, 1.82) is 0 Å². The smallest absolute Gasteiger partial charge is 0.305 e. The number of aromatic hydroxyl groups is 1. The molecule has 8 N–H and O–H groups in total. The van der Waals surface area contributed by atoms with Crippen molar-refractivity contribution in [2.24, 2.45) is 10.9 Å². The fourth-order valence-electron chi connectivity index (χ4n) is 3.90. The van der Waals surface area contributed by atoms with Crippen molar-refractivity contribution in [2.75, 3.05) is 32.7 Å². The molecule has 0 bridgehead atoms. The number of aliphatic hydroxyl groups excluding tert-OH is 1. The van der Waals surface area contributed by atoms with Crippen molar-refractivity contribution < 1.29 is 29.7 Å². The quantitative estimate of drug-likeness (QED) is 0.191. The zero-order valence-corrected chi connectivity index (χ0v) is 21.9. The molecule has 2 aliphatic rings. The molecule has 3 unspecified atom stereocenters. The summed E-state index contributed by atoms with van der Waals surface area (Å²) >= 11 is 6.49. The molecular formula is C21H28Br2N6O6. The molecule has 2 heterocycles. The minimum atomic E-state index is -1.16. The normalized spacial score (nSPS) is 22.8. The van der Waals surface area contributed by atoms with E-state index in [2.05, 4.69) is 63.4 Å². The van der Waals surface area contributed by atoms with E-state index in [1.807, 2.05) is 0 Å². The maximum Gasteiger partial charge on any atom is 0.305 e. The molecule has 1 aromatic rings. The molecule has 12 nitrogen and oxygen atoms in total. The van der Waals surface area contributed by atoms with Gasteiger partial charge in [0.05, 0.1) is 42.0 Å². The van der Waals surface area contributed by atoms with E-state index in [0.29, 0.717) is 47.5 Å². The number of carboxylic acids is 1. The van der Waals surface area contributed by atoms with Crippen molar-refractivity contribution in [3.8, 4) is 5.75 Å². The first-order valence-electron chi connectivity index (χ1n) is 11.0. The molecule has 1 aromatic carbocycles. The van der Waals surface area contributed by atoms with E-state index in [-0.39, 0.29) is 35.7 Å². The first-order valence-corrected chi connectivity index (χ1v) is 12.6. The number of β-amino-alcohol motifs (C(OH)–C–C–N with tert-alkyl or cyclic N) is 1. The van der Waals surface area contributed by atoms with Gasteiger partial charge in [0.2, 0.25) is 11.8 Å². The van der Waals surface area contributed by atoms with Crippen LogP contribution in [-0.4, -0.2) is 83.9 Å². The highest BCUT2D eigenvalue weighted by atomic mass is 79.9. The van der Waals surface area contributed by atoms with Crippen LogP contribution in [-0.2, 0) is 14.4 Å². The van der Waals surface area contributed by atoms with Gasteiger partial charge in [0.1, 0.15) is 5.75 Å². The number of carboxylic acid groups (broad SMARTS) is 1. The number of rotatable bonds is 8. The minimum absolute atomic E-state index is 0.0623. The molecule has 4 atom stereocenters. The lowest BCUT2D eigenvalue weighted by Crippen LogP contribution is -2.56. The maximum absolute atomic E-state index is 12.7. The molecule has 14 heteroatoms. The van der Waals surface area contributed by atoms with Gasteiger partial charge in [0.15, 0.2) is 5.96 Å². The number of carbonyl (C=O) groups is 3. The number of piperidine rings is 1. The number of hydrogen-bond acceptors (Lipinski definition) is 9. The molecule has 3 rings (SSSR count). The Morgan fingerprint density at radius 2 is 1.97 bits per heavy atom. The topological polar surface area (TPSA) is 184 Å². The van der Waals surface area contributed by atoms with Crippen LogP contribution in [0.1, 0.15) is 24.4 Å². The van der Waals surface area contributed by atoms with E-state index in [9.17, 15) is 29.7 Å². The Bertz CT molecular complexity index is 993. The van der Waals surface area contributed by atoms with Gasteiger partial charge in [0, 0.05) is 35.7 Å². The summed E-state index contributed by atoms with van der Waals surface area (Å²) in [6.45, 7) is 1.46. The first-order chi connectivity index (χ1) is 16.6. The Labute approximate surface area is 218 Å². The molecule has 0 radical (unpaired) electrons. The van der Waals surface area contributed by atoms with Crippen LogP contribution in [0.15, 0.2) is 26.1 Å². The first kappa shape index (κ1) is 27.2.